The second-order valence-electron chi connectivity index (χ2n) is 9.19. The predicted molar refractivity (Wildman–Crippen MR) is 122 cm³/mol. The van der Waals surface area contributed by atoms with Crippen LogP contribution in [0.3, 0.4) is 0 Å². The van der Waals surface area contributed by atoms with E-state index in [4.69, 9.17) is 9.47 Å². The molecule has 3 aromatic rings. The summed E-state index contributed by atoms with van der Waals surface area (Å²) < 4.78 is 13.6. The number of hydrogen-bond donors (Lipinski definition) is 0. The number of benzene rings is 2. The molecule has 5 heteroatoms. The monoisotopic (exact) mass is 457 g/mol. The number of carbonyl (C=O) groups is 1. The molecule has 1 aromatic heterocycles. The van der Waals surface area contributed by atoms with E-state index in [1.54, 1.807) is 11.7 Å². The highest BCUT2D eigenvalue weighted by atomic mass is 79.9. The fourth-order valence-electron chi connectivity index (χ4n) is 3.25. The van der Waals surface area contributed by atoms with Crippen molar-refractivity contribution in [2.24, 2.45) is 0 Å². The molecule has 0 unspecified atom stereocenters. The molecule has 1 heterocycles. The van der Waals surface area contributed by atoms with Crippen molar-refractivity contribution in [1.29, 1.82) is 0 Å². The highest BCUT2D eigenvalue weighted by molar-refractivity contribution is 9.10. The zero-order chi connectivity index (χ0) is 21.6. The zero-order valence-corrected chi connectivity index (χ0v) is 19.7. The first-order chi connectivity index (χ1) is 13.4. The van der Waals surface area contributed by atoms with E-state index in [2.05, 4.69) is 48.8 Å². The van der Waals surface area contributed by atoms with E-state index in [1.807, 2.05) is 51.1 Å². The summed E-state index contributed by atoms with van der Waals surface area (Å²) >= 11 is 3.63. The second-order valence-corrected chi connectivity index (χ2v) is 9.98. The molecule has 0 amide bonds. The molecule has 0 spiro atoms. The van der Waals surface area contributed by atoms with Crippen LogP contribution in [-0.4, -0.2) is 23.4 Å². The minimum atomic E-state index is -0.595. The summed E-state index contributed by atoms with van der Waals surface area (Å²) in [7, 11) is 1.63. The van der Waals surface area contributed by atoms with E-state index < -0.39 is 11.7 Å². The Morgan fingerprint density at radius 2 is 1.69 bits per heavy atom. The van der Waals surface area contributed by atoms with Gasteiger partial charge in [-0.05, 0) is 77.5 Å². The van der Waals surface area contributed by atoms with E-state index in [0.717, 1.165) is 26.6 Å². The van der Waals surface area contributed by atoms with E-state index in [-0.39, 0.29) is 5.41 Å². The topological polar surface area (TPSA) is 40.5 Å². The van der Waals surface area contributed by atoms with Crippen LogP contribution in [0, 0.1) is 0 Å². The van der Waals surface area contributed by atoms with Gasteiger partial charge < -0.3 is 9.47 Å². The number of hydrogen-bond acceptors (Lipinski definition) is 3. The summed E-state index contributed by atoms with van der Waals surface area (Å²) in [6.45, 7) is 12.1. The quantitative estimate of drug-likeness (QED) is 0.409. The van der Waals surface area contributed by atoms with Gasteiger partial charge in [0.05, 0.1) is 22.8 Å². The van der Waals surface area contributed by atoms with Crippen LogP contribution in [0.2, 0.25) is 0 Å². The number of aromatic nitrogens is 1. The molecule has 154 valence electrons. The average Bonchev–Trinajstić information content (AvgIpc) is 3.00. The van der Waals surface area contributed by atoms with Gasteiger partial charge in [0, 0.05) is 5.39 Å². The normalized spacial score (nSPS) is 12.3. The first-order valence-electron chi connectivity index (χ1n) is 9.64. The molecule has 0 atom stereocenters. The fourth-order valence-corrected chi connectivity index (χ4v) is 3.86. The van der Waals surface area contributed by atoms with Crippen LogP contribution >= 0.6 is 15.9 Å². The molecule has 0 bridgehead atoms. The average molecular weight is 458 g/mol. The Bertz CT molecular complexity index is 1070. The van der Waals surface area contributed by atoms with Gasteiger partial charge >= 0.3 is 6.09 Å². The van der Waals surface area contributed by atoms with Crippen molar-refractivity contribution in [3.63, 3.8) is 0 Å². The largest absolute Gasteiger partial charge is 0.496 e. The van der Waals surface area contributed by atoms with Crippen LogP contribution in [0.1, 0.15) is 47.1 Å². The summed E-state index contributed by atoms with van der Waals surface area (Å²) in [6.07, 6.45) is -0.402. The lowest BCUT2D eigenvalue weighted by Gasteiger charge is -2.22. The smallest absolute Gasteiger partial charge is 0.419 e. The molecular weight excluding hydrogens is 430 g/mol. The minimum absolute atomic E-state index is 0.00256. The number of carbonyl (C=O) groups excluding carboxylic acids is 1. The molecular formula is C24H28BrNO3. The standard InChI is InChI=1S/C24H28BrNO3/c1-23(2,3)16-10-8-9-15(13-16)19-14-17-18(11-12-20(28-7)21(17)25)26(19)22(27)29-24(4,5)6/h8-14H,1-7H3. The van der Waals surface area contributed by atoms with E-state index in [1.165, 1.54) is 5.56 Å². The number of fused-ring (bicyclic) bond motifs is 1. The second kappa shape index (κ2) is 7.52. The molecule has 3 rings (SSSR count). The van der Waals surface area contributed by atoms with Crippen molar-refractivity contribution in [3.8, 4) is 17.0 Å². The third-order valence-electron chi connectivity index (χ3n) is 4.70. The van der Waals surface area contributed by atoms with Crippen LogP contribution in [0.5, 0.6) is 5.75 Å². The lowest BCUT2D eigenvalue weighted by atomic mass is 9.86. The van der Waals surface area contributed by atoms with Gasteiger partial charge in [0.15, 0.2) is 0 Å². The predicted octanol–water partition coefficient (Wildman–Crippen LogP) is 7.16. The number of rotatable bonds is 2. The number of halogens is 1. The molecule has 0 aliphatic heterocycles. The Morgan fingerprint density at radius 3 is 2.28 bits per heavy atom. The van der Waals surface area contributed by atoms with Gasteiger partial charge in [0.2, 0.25) is 0 Å². The first kappa shape index (κ1) is 21.4. The third-order valence-corrected chi connectivity index (χ3v) is 5.52. The van der Waals surface area contributed by atoms with Gasteiger partial charge in [-0.2, -0.15) is 0 Å². The maximum atomic E-state index is 13.2. The van der Waals surface area contributed by atoms with Crippen molar-refractivity contribution in [2.45, 2.75) is 52.6 Å². The van der Waals surface area contributed by atoms with Crippen molar-refractivity contribution < 1.29 is 14.3 Å². The SMILES string of the molecule is COc1ccc2c(cc(-c3cccc(C(C)(C)C)c3)n2C(=O)OC(C)(C)C)c1Br. The van der Waals surface area contributed by atoms with E-state index in [0.29, 0.717) is 5.75 Å². The Kier molecular flexibility index (Phi) is 5.56. The maximum absolute atomic E-state index is 13.2. The summed E-state index contributed by atoms with van der Waals surface area (Å²) in [6, 6.07) is 14.1. The zero-order valence-electron chi connectivity index (χ0n) is 18.1. The van der Waals surface area contributed by atoms with Crippen molar-refractivity contribution in [3.05, 3.63) is 52.5 Å². The molecule has 0 N–H and O–H groups in total. The molecule has 0 saturated carbocycles. The van der Waals surface area contributed by atoms with Crippen LogP contribution in [0.4, 0.5) is 4.79 Å². The van der Waals surface area contributed by atoms with Gasteiger partial charge in [0.25, 0.3) is 0 Å². The van der Waals surface area contributed by atoms with Gasteiger partial charge in [-0.25, -0.2) is 9.36 Å². The molecule has 2 aromatic carbocycles. The van der Waals surface area contributed by atoms with Crippen molar-refractivity contribution in [1.82, 2.24) is 4.57 Å². The molecule has 0 aliphatic rings. The molecule has 0 fully saturated rings. The molecule has 0 saturated heterocycles. The first-order valence-corrected chi connectivity index (χ1v) is 10.4. The Labute approximate surface area is 180 Å². The summed E-state index contributed by atoms with van der Waals surface area (Å²) in [5, 5.41) is 0.895. The van der Waals surface area contributed by atoms with Crippen molar-refractivity contribution in [2.75, 3.05) is 7.11 Å². The van der Waals surface area contributed by atoms with Crippen LogP contribution in [-0.2, 0) is 10.2 Å². The number of nitrogens with zero attached hydrogens (tertiary/aromatic N) is 1. The van der Waals surface area contributed by atoms with Crippen LogP contribution in [0.25, 0.3) is 22.2 Å². The third kappa shape index (κ3) is 4.35. The summed E-state index contributed by atoms with van der Waals surface area (Å²) in [5.74, 6) is 0.717. The fraction of sp³-hybridized carbons (Fsp3) is 0.375. The Balaban J connectivity index is 2.29. The molecule has 0 aliphatic carbocycles. The van der Waals surface area contributed by atoms with E-state index >= 15 is 0 Å². The van der Waals surface area contributed by atoms with Gasteiger partial charge in [-0.1, -0.05) is 39.0 Å². The van der Waals surface area contributed by atoms with Gasteiger partial charge in [-0.3, -0.25) is 0 Å². The van der Waals surface area contributed by atoms with Crippen LogP contribution in [0.15, 0.2) is 46.9 Å². The van der Waals surface area contributed by atoms with Gasteiger partial charge in [-0.15, -0.1) is 0 Å². The number of methoxy groups -OCH3 is 1. The van der Waals surface area contributed by atoms with Gasteiger partial charge in [0.1, 0.15) is 11.4 Å². The maximum Gasteiger partial charge on any atom is 0.419 e. The molecule has 4 nitrogen and oxygen atoms in total. The number of ether oxygens (including phenoxy) is 2. The molecule has 29 heavy (non-hydrogen) atoms. The highest BCUT2D eigenvalue weighted by Gasteiger charge is 2.25. The minimum Gasteiger partial charge on any atom is -0.496 e. The van der Waals surface area contributed by atoms with E-state index in [9.17, 15) is 4.79 Å². The summed E-state index contributed by atoms with van der Waals surface area (Å²) in [5.41, 5.74) is 3.13. The highest BCUT2D eigenvalue weighted by Crippen LogP contribution is 2.39. The Hall–Kier alpha value is -2.27. The lowest BCUT2D eigenvalue weighted by molar-refractivity contribution is 0.0547. The lowest BCUT2D eigenvalue weighted by Crippen LogP contribution is -2.27. The summed E-state index contributed by atoms with van der Waals surface area (Å²) in [4.78, 5) is 13.2. The Morgan fingerprint density at radius 1 is 1.00 bits per heavy atom. The van der Waals surface area contributed by atoms with Crippen LogP contribution < -0.4 is 4.74 Å². The molecule has 0 radical (unpaired) electrons. The van der Waals surface area contributed by atoms with Crippen molar-refractivity contribution >= 4 is 32.9 Å².